The monoisotopic (exact) mass is 1220 g/mol. The molecule has 9 rings (SSSR count). The Balaban J connectivity index is 1.20. The molecule has 4 heterocycles. The van der Waals surface area contributed by atoms with Crippen LogP contribution in [-0.2, 0) is 65.6 Å². The van der Waals surface area contributed by atoms with Crippen molar-refractivity contribution in [1.29, 1.82) is 0 Å². The second-order valence-electron chi connectivity index (χ2n) is 20.1. The van der Waals surface area contributed by atoms with Gasteiger partial charge in [-0.15, -0.1) is 0 Å². The number of ether oxygens (including phenoxy) is 1. The van der Waals surface area contributed by atoms with Gasteiger partial charge in [-0.25, -0.2) is 49.8 Å². The standard InChI is InChI=1S/C49H43ClF9N10O11PS/c1-47(2,20-60-46(73)79-21-80-81(74,75)76)18-36(71)69(82(4,77)78)44-38-29(50)10-11-33(40(38)66(3)65-44)68-43(63-31-15-23(8-9-26(31)45(68)72)30-6-5-7-34(61-30)49(57,58)59)32(14-22-12-24(51)16-25(52)13-22)62-35(70)19-67-41-37(39(64-67)42(53)54)27-17-28(27)48(41,55)56/h5-13,15-16,27-28,32,42H,14,17-21H2,1-4H3,(H,60,73)(H,62,70)(H2,74,75,76)/t27-,28+,32-/m0/s1. The van der Waals surface area contributed by atoms with Gasteiger partial charge in [0.05, 0.1) is 50.5 Å². The largest absolute Gasteiger partial charge is 0.472 e. The van der Waals surface area contributed by atoms with Crippen molar-refractivity contribution >= 4 is 75.0 Å². The van der Waals surface area contributed by atoms with Crippen LogP contribution in [0.4, 0.5) is 50.1 Å². The molecule has 82 heavy (non-hydrogen) atoms. The third kappa shape index (κ3) is 11.9. The molecule has 33 heteroatoms. The van der Waals surface area contributed by atoms with Crippen molar-refractivity contribution in [2.75, 3.05) is 23.9 Å². The number of hydrogen-bond acceptors (Lipinski definition) is 13. The molecule has 0 saturated heterocycles. The van der Waals surface area contributed by atoms with Crippen LogP contribution in [0, 0.1) is 23.0 Å². The topological polar surface area (TPSA) is 272 Å². The molecule has 0 spiro atoms. The molecule has 4 N–H and O–H groups in total. The van der Waals surface area contributed by atoms with Crippen molar-refractivity contribution in [2.24, 2.45) is 18.4 Å². The lowest BCUT2D eigenvalue weighted by Crippen LogP contribution is -2.42. The van der Waals surface area contributed by atoms with E-state index in [1.54, 1.807) is 0 Å². The van der Waals surface area contributed by atoms with Crippen LogP contribution < -0.4 is 20.5 Å². The number of rotatable bonds is 18. The number of carbonyl (C=O) groups excluding carboxylic acids is 3. The average Bonchev–Trinajstić information content (AvgIpc) is 2.16. The van der Waals surface area contributed by atoms with Crippen LogP contribution in [-0.4, -0.2) is 89.8 Å². The molecule has 21 nitrogen and oxygen atoms in total. The zero-order valence-electron chi connectivity index (χ0n) is 42.7. The number of anilines is 1. The van der Waals surface area contributed by atoms with Crippen LogP contribution in [0.5, 0.6) is 0 Å². The SMILES string of the molecule is Cn1nc(N(C(=O)CC(C)(C)CNC(=O)OCOP(=O)(O)O)S(C)(=O)=O)c2c(Cl)ccc(-n3c([C@H](Cc4cc(F)cc(F)c4)NC(=O)Cn4nc(C(F)F)c5c4C(F)(F)[C@@H]4C[C@H]54)nc4cc(-c5cccc(C(F)(F)F)n5)ccc4c3=O)c21. The van der Waals surface area contributed by atoms with Gasteiger partial charge in [0.15, 0.2) is 5.82 Å². The third-order valence-electron chi connectivity index (χ3n) is 13.3. The van der Waals surface area contributed by atoms with E-state index in [0.29, 0.717) is 23.1 Å². The number of carbonyl (C=O) groups is 3. The van der Waals surface area contributed by atoms with Gasteiger partial charge in [-0.3, -0.25) is 28.3 Å². The number of benzene rings is 3. The van der Waals surface area contributed by atoms with Crippen LogP contribution in [0.3, 0.4) is 0 Å². The summed E-state index contributed by atoms with van der Waals surface area (Å²) in [5.74, 6) is -11.9. The maximum Gasteiger partial charge on any atom is 0.472 e. The minimum Gasteiger partial charge on any atom is -0.422 e. The van der Waals surface area contributed by atoms with E-state index >= 15 is 13.6 Å². The first-order valence-electron chi connectivity index (χ1n) is 24.1. The Hall–Kier alpha value is -7.44. The second kappa shape index (κ2) is 21.4. The van der Waals surface area contributed by atoms with Gasteiger partial charge < -0.3 is 25.2 Å². The van der Waals surface area contributed by atoms with E-state index in [9.17, 15) is 58.1 Å². The maximum atomic E-state index is 15.7. The summed E-state index contributed by atoms with van der Waals surface area (Å²) in [6.45, 7) is 0.104. The molecule has 0 aliphatic heterocycles. The number of alkyl carbamates (subject to hydrolysis) is 1. The van der Waals surface area contributed by atoms with Crippen molar-refractivity contribution in [3.8, 4) is 16.9 Å². The van der Waals surface area contributed by atoms with Gasteiger partial charge in [0.25, 0.3) is 17.9 Å². The van der Waals surface area contributed by atoms with Crippen molar-refractivity contribution < 1.29 is 85.9 Å². The number of aromatic nitrogens is 7. The highest BCUT2D eigenvalue weighted by Gasteiger charge is 2.67. The van der Waals surface area contributed by atoms with Crippen LogP contribution >= 0.6 is 19.4 Å². The Morgan fingerprint density at radius 3 is 2.34 bits per heavy atom. The Morgan fingerprint density at radius 1 is 1.00 bits per heavy atom. The molecule has 3 amide bonds. The molecule has 0 radical (unpaired) electrons. The number of phosphoric acid groups is 1. The first-order chi connectivity index (χ1) is 38.1. The number of amides is 3. The Bertz CT molecular complexity index is 3990. The summed E-state index contributed by atoms with van der Waals surface area (Å²) in [4.78, 5) is 82.5. The Morgan fingerprint density at radius 2 is 1.70 bits per heavy atom. The predicted molar refractivity (Wildman–Crippen MR) is 271 cm³/mol. The fraction of sp³-hybridized carbons (Fsp3) is 0.347. The summed E-state index contributed by atoms with van der Waals surface area (Å²) >= 11 is 6.83. The summed E-state index contributed by atoms with van der Waals surface area (Å²) in [7, 11) is -8.50. The lowest BCUT2D eigenvalue weighted by molar-refractivity contribution is -0.141. The van der Waals surface area contributed by atoms with Gasteiger partial charge in [0, 0.05) is 49.5 Å². The summed E-state index contributed by atoms with van der Waals surface area (Å²) in [5, 5.41) is 11.9. The van der Waals surface area contributed by atoms with E-state index in [1.807, 2.05) is 0 Å². The number of sulfonamides is 1. The molecular weight excluding hydrogens is 1170 g/mol. The number of fused-ring (bicyclic) bond motifs is 5. The fourth-order valence-corrected chi connectivity index (χ4v) is 11.2. The van der Waals surface area contributed by atoms with E-state index in [4.69, 9.17) is 26.4 Å². The van der Waals surface area contributed by atoms with Crippen LogP contribution in [0.25, 0.3) is 38.8 Å². The minimum absolute atomic E-state index is 0.0364. The van der Waals surface area contributed by atoms with Gasteiger partial charge in [0.1, 0.15) is 41.1 Å². The first kappa shape index (κ1) is 59.2. The smallest absolute Gasteiger partial charge is 0.422 e. The van der Waals surface area contributed by atoms with Crippen molar-refractivity contribution in [2.45, 2.75) is 70.1 Å². The highest BCUT2D eigenvalue weighted by atomic mass is 35.5. The fourth-order valence-electron chi connectivity index (χ4n) is 9.88. The van der Waals surface area contributed by atoms with Gasteiger partial charge >= 0.3 is 20.1 Å². The number of phosphoric ester groups is 1. The summed E-state index contributed by atoms with van der Waals surface area (Å²) in [5.41, 5.74) is -7.34. The average molecular weight is 1220 g/mol. The van der Waals surface area contributed by atoms with Crippen molar-refractivity contribution in [1.82, 2.24) is 44.7 Å². The molecule has 0 unspecified atom stereocenters. The summed E-state index contributed by atoms with van der Waals surface area (Å²) < 4.78 is 181. The molecule has 3 aromatic carbocycles. The number of alkyl halides is 7. The van der Waals surface area contributed by atoms with E-state index in [0.717, 1.165) is 39.6 Å². The zero-order valence-corrected chi connectivity index (χ0v) is 45.2. The zero-order chi connectivity index (χ0) is 59.9. The van der Waals surface area contributed by atoms with E-state index in [-0.39, 0.29) is 60.1 Å². The van der Waals surface area contributed by atoms with Crippen molar-refractivity contribution in [3.63, 3.8) is 0 Å². The third-order valence-corrected chi connectivity index (χ3v) is 15.1. The molecule has 1 saturated carbocycles. The quantitative estimate of drug-likeness (QED) is 0.0358. The second-order valence-corrected chi connectivity index (χ2v) is 23.5. The highest BCUT2D eigenvalue weighted by molar-refractivity contribution is 7.92. The number of nitrogens with zero attached hydrogens (tertiary/aromatic N) is 8. The minimum atomic E-state index is -5.02. The van der Waals surface area contributed by atoms with Crippen LogP contribution in [0.15, 0.2) is 71.5 Å². The molecule has 4 aromatic heterocycles. The molecule has 436 valence electrons. The van der Waals surface area contributed by atoms with E-state index in [2.05, 4.69) is 35.1 Å². The molecule has 0 bridgehead atoms. The van der Waals surface area contributed by atoms with Gasteiger partial charge in [-0.1, -0.05) is 37.6 Å². The number of hydrogen-bond donors (Lipinski definition) is 4. The molecular formula is C49H43ClF9N10O11PS. The first-order valence-corrected chi connectivity index (χ1v) is 27.8. The van der Waals surface area contributed by atoms with Gasteiger partial charge in [-0.2, -0.15) is 36.5 Å². The lowest BCUT2D eigenvalue weighted by Gasteiger charge is -2.27. The lowest BCUT2D eigenvalue weighted by atomic mass is 9.89. The van der Waals surface area contributed by atoms with Gasteiger partial charge in [-0.05, 0) is 71.8 Å². The Labute approximate surface area is 461 Å². The number of nitrogens with one attached hydrogen (secondary N) is 2. The molecule has 2 aliphatic rings. The normalized spacial score (nSPS) is 16.3. The number of aryl methyl sites for hydroxylation is 1. The highest BCUT2D eigenvalue weighted by Crippen LogP contribution is 2.68. The molecule has 1 fully saturated rings. The molecule has 7 aromatic rings. The number of halogens is 10. The van der Waals surface area contributed by atoms with Gasteiger partial charge in [0.2, 0.25) is 28.6 Å². The predicted octanol–water partition coefficient (Wildman–Crippen LogP) is 8.23. The van der Waals surface area contributed by atoms with Crippen molar-refractivity contribution in [3.05, 3.63) is 128 Å². The van der Waals surface area contributed by atoms with E-state index in [1.165, 1.54) is 45.2 Å². The number of pyridine rings is 1. The summed E-state index contributed by atoms with van der Waals surface area (Å²) in [6.07, 6.45) is -10.3. The maximum absolute atomic E-state index is 15.7. The van der Waals surface area contributed by atoms with E-state index < -0.39 is 162 Å². The molecule has 3 atom stereocenters. The summed E-state index contributed by atoms with van der Waals surface area (Å²) in [6, 6.07) is 9.27. The van der Waals surface area contributed by atoms with Crippen LogP contribution in [0.2, 0.25) is 5.02 Å². The van der Waals surface area contributed by atoms with Crippen LogP contribution in [0.1, 0.15) is 79.1 Å². The molecule has 2 aliphatic carbocycles. The Kier molecular flexibility index (Phi) is 15.4.